The minimum atomic E-state index is 0. The zero-order valence-electron chi connectivity index (χ0n) is 12.8. The van der Waals surface area contributed by atoms with Crippen LogP contribution in [-0.2, 0) is 13.6 Å². The molecule has 0 spiro atoms. The average molecular weight is 395 g/mol. The molecular weight excluding hydrogens is 369 g/mol. The number of nitrogens with one attached hydrogen (secondary N) is 2. The van der Waals surface area contributed by atoms with Crippen LogP contribution in [0.15, 0.2) is 11.3 Å². The van der Waals surface area contributed by atoms with Gasteiger partial charge >= 0.3 is 0 Å². The number of aliphatic imine (C=N–C) groups is 1. The van der Waals surface area contributed by atoms with Crippen LogP contribution in [-0.4, -0.2) is 58.9 Å². The molecule has 1 aromatic heterocycles. The standard InChI is InChI=1S/C12H25N7.HI/c1-5-19(6-2)8-7-14-12(13-3)15-9-11-16-10-17-18(11)4;/h10H,5-9H2,1-4H3,(H2,13,14,15);1H. The second-order valence-electron chi connectivity index (χ2n) is 4.18. The van der Waals surface area contributed by atoms with Gasteiger partial charge in [0.1, 0.15) is 12.2 Å². The van der Waals surface area contributed by atoms with Crippen LogP contribution in [0.25, 0.3) is 0 Å². The highest BCUT2D eigenvalue weighted by Crippen LogP contribution is 1.89. The molecule has 0 aliphatic heterocycles. The van der Waals surface area contributed by atoms with E-state index in [0.717, 1.165) is 38.0 Å². The van der Waals surface area contributed by atoms with Gasteiger partial charge in [0.2, 0.25) is 0 Å². The molecule has 20 heavy (non-hydrogen) atoms. The van der Waals surface area contributed by atoms with Crippen molar-refractivity contribution in [3.63, 3.8) is 0 Å². The zero-order valence-corrected chi connectivity index (χ0v) is 15.1. The Hall–Kier alpha value is -0.900. The van der Waals surface area contributed by atoms with Crippen LogP contribution < -0.4 is 10.6 Å². The summed E-state index contributed by atoms with van der Waals surface area (Å²) in [5.41, 5.74) is 0. The summed E-state index contributed by atoms with van der Waals surface area (Å²) in [7, 11) is 3.64. The number of likely N-dealkylation sites (N-methyl/N-ethyl adjacent to an activating group) is 1. The maximum Gasteiger partial charge on any atom is 0.191 e. The summed E-state index contributed by atoms with van der Waals surface area (Å²) in [6.45, 7) is 8.99. The Kier molecular flexibility index (Phi) is 10.3. The van der Waals surface area contributed by atoms with Crippen LogP contribution in [0, 0.1) is 0 Å². The molecule has 0 unspecified atom stereocenters. The van der Waals surface area contributed by atoms with E-state index in [9.17, 15) is 0 Å². The van der Waals surface area contributed by atoms with Crippen LogP contribution >= 0.6 is 24.0 Å². The second-order valence-corrected chi connectivity index (χ2v) is 4.18. The molecule has 0 amide bonds. The Labute approximate surface area is 138 Å². The number of nitrogens with zero attached hydrogens (tertiary/aromatic N) is 5. The van der Waals surface area contributed by atoms with Gasteiger partial charge in [0.15, 0.2) is 5.96 Å². The summed E-state index contributed by atoms with van der Waals surface area (Å²) in [6, 6.07) is 0. The monoisotopic (exact) mass is 395 g/mol. The van der Waals surface area contributed by atoms with E-state index in [1.54, 1.807) is 18.1 Å². The number of hydrogen-bond acceptors (Lipinski definition) is 4. The van der Waals surface area contributed by atoms with Crippen molar-refractivity contribution in [3.8, 4) is 0 Å². The lowest BCUT2D eigenvalue weighted by Gasteiger charge is -2.19. The lowest BCUT2D eigenvalue weighted by Crippen LogP contribution is -2.41. The molecule has 1 rings (SSSR count). The minimum Gasteiger partial charge on any atom is -0.355 e. The lowest BCUT2D eigenvalue weighted by atomic mass is 10.4. The molecule has 7 nitrogen and oxygen atoms in total. The van der Waals surface area contributed by atoms with E-state index in [1.165, 1.54) is 0 Å². The van der Waals surface area contributed by atoms with Gasteiger partial charge in [-0.15, -0.1) is 24.0 Å². The SMILES string of the molecule is CCN(CC)CCNC(=NC)NCc1ncnn1C.I. The molecule has 0 saturated carbocycles. The molecule has 0 fully saturated rings. The van der Waals surface area contributed by atoms with Crippen molar-refractivity contribution in [2.24, 2.45) is 12.0 Å². The lowest BCUT2D eigenvalue weighted by molar-refractivity contribution is 0.308. The molecule has 2 N–H and O–H groups in total. The number of rotatable bonds is 7. The molecule has 0 bridgehead atoms. The van der Waals surface area contributed by atoms with Gasteiger partial charge in [0, 0.05) is 27.2 Å². The third kappa shape index (κ3) is 6.51. The largest absolute Gasteiger partial charge is 0.355 e. The Morgan fingerprint density at radius 1 is 1.35 bits per heavy atom. The summed E-state index contributed by atoms with van der Waals surface area (Å²) in [5.74, 6) is 1.67. The van der Waals surface area contributed by atoms with Gasteiger partial charge in [-0.1, -0.05) is 13.8 Å². The van der Waals surface area contributed by atoms with E-state index in [4.69, 9.17) is 0 Å². The first kappa shape index (κ1) is 19.1. The third-order valence-corrected chi connectivity index (χ3v) is 3.06. The van der Waals surface area contributed by atoms with E-state index in [0.29, 0.717) is 6.54 Å². The van der Waals surface area contributed by atoms with Crippen molar-refractivity contribution in [2.45, 2.75) is 20.4 Å². The Morgan fingerprint density at radius 2 is 2.05 bits per heavy atom. The van der Waals surface area contributed by atoms with E-state index < -0.39 is 0 Å². The highest BCUT2D eigenvalue weighted by Gasteiger charge is 2.03. The molecular formula is C12H26IN7. The Balaban J connectivity index is 0.00000361. The highest BCUT2D eigenvalue weighted by atomic mass is 127. The maximum absolute atomic E-state index is 4.18. The smallest absolute Gasteiger partial charge is 0.191 e. The van der Waals surface area contributed by atoms with Gasteiger partial charge < -0.3 is 15.5 Å². The number of aryl methyl sites for hydroxylation is 1. The first-order valence-electron chi connectivity index (χ1n) is 6.71. The molecule has 0 radical (unpaired) electrons. The Morgan fingerprint density at radius 3 is 2.55 bits per heavy atom. The van der Waals surface area contributed by atoms with Gasteiger partial charge in [-0.2, -0.15) is 5.10 Å². The normalized spacial score (nSPS) is 11.3. The molecule has 0 aliphatic rings. The zero-order chi connectivity index (χ0) is 14.1. The summed E-state index contributed by atoms with van der Waals surface area (Å²) >= 11 is 0. The van der Waals surface area contributed by atoms with E-state index in [-0.39, 0.29) is 24.0 Å². The van der Waals surface area contributed by atoms with Gasteiger partial charge in [0.25, 0.3) is 0 Å². The molecule has 0 aliphatic carbocycles. The van der Waals surface area contributed by atoms with Crippen LogP contribution in [0.5, 0.6) is 0 Å². The van der Waals surface area contributed by atoms with Crippen molar-refractivity contribution >= 4 is 29.9 Å². The van der Waals surface area contributed by atoms with Gasteiger partial charge in [-0.3, -0.25) is 9.67 Å². The predicted molar refractivity (Wildman–Crippen MR) is 92.4 cm³/mol. The molecule has 1 heterocycles. The fourth-order valence-corrected chi connectivity index (χ4v) is 1.74. The summed E-state index contributed by atoms with van der Waals surface area (Å²) in [4.78, 5) is 10.7. The second kappa shape index (κ2) is 10.8. The van der Waals surface area contributed by atoms with E-state index in [1.807, 2.05) is 7.05 Å². The number of aromatic nitrogens is 3. The van der Waals surface area contributed by atoms with Crippen molar-refractivity contribution < 1.29 is 0 Å². The molecule has 116 valence electrons. The van der Waals surface area contributed by atoms with E-state index in [2.05, 4.69) is 44.5 Å². The molecule has 1 aromatic rings. The van der Waals surface area contributed by atoms with Crippen LogP contribution in [0.2, 0.25) is 0 Å². The van der Waals surface area contributed by atoms with Crippen LogP contribution in [0.1, 0.15) is 19.7 Å². The van der Waals surface area contributed by atoms with Crippen LogP contribution in [0.3, 0.4) is 0 Å². The van der Waals surface area contributed by atoms with Crippen molar-refractivity contribution in [1.82, 2.24) is 30.3 Å². The highest BCUT2D eigenvalue weighted by molar-refractivity contribution is 14.0. The predicted octanol–water partition coefficient (Wildman–Crippen LogP) is 0.440. The first-order valence-corrected chi connectivity index (χ1v) is 6.71. The molecule has 0 saturated heterocycles. The summed E-state index contributed by atoms with van der Waals surface area (Å²) in [5, 5.41) is 10.5. The summed E-state index contributed by atoms with van der Waals surface area (Å²) in [6.07, 6.45) is 1.55. The van der Waals surface area contributed by atoms with Crippen molar-refractivity contribution in [1.29, 1.82) is 0 Å². The van der Waals surface area contributed by atoms with Gasteiger partial charge in [0.05, 0.1) is 6.54 Å². The van der Waals surface area contributed by atoms with Gasteiger partial charge in [-0.05, 0) is 13.1 Å². The topological polar surface area (TPSA) is 70.4 Å². The number of hydrogen-bond donors (Lipinski definition) is 2. The molecule has 0 aromatic carbocycles. The average Bonchev–Trinajstić information content (AvgIpc) is 2.84. The van der Waals surface area contributed by atoms with E-state index >= 15 is 0 Å². The summed E-state index contributed by atoms with van der Waals surface area (Å²) < 4.78 is 1.75. The van der Waals surface area contributed by atoms with Crippen molar-refractivity contribution in [2.75, 3.05) is 33.2 Å². The van der Waals surface area contributed by atoms with Gasteiger partial charge in [-0.25, -0.2) is 4.98 Å². The number of halogens is 1. The quantitative estimate of drug-likeness (QED) is 0.399. The Bertz CT molecular complexity index is 387. The fourth-order valence-electron chi connectivity index (χ4n) is 1.74. The molecule has 8 heteroatoms. The maximum atomic E-state index is 4.18. The minimum absolute atomic E-state index is 0. The fraction of sp³-hybridized carbons (Fsp3) is 0.750. The van der Waals surface area contributed by atoms with Crippen molar-refractivity contribution in [3.05, 3.63) is 12.2 Å². The molecule has 0 atom stereocenters. The number of guanidine groups is 1. The third-order valence-electron chi connectivity index (χ3n) is 3.06. The van der Waals surface area contributed by atoms with Crippen LogP contribution in [0.4, 0.5) is 0 Å². The first-order chi connectivity index (χ1) is 9.21.